The van der Waals surface area contributed by atoms with Crippen molar-refractivity contribution < 1.29 is 8.42 Å². The van der Waals surface area contributed by atoms with E-state index in [0.29, 0.717) is 36.2 Å². The standard InChI is InChI=1S/C21H27N3O2S2/c1-17-8-9-20(16-18(17)2)28(25,26)24-14-12-23(13-15-24)21(27)22-11-10-19-6-4-3-5-7-19/h3-9,16H,10-15H2,1-2H3,(H,22,27). The third-order valence-corrected chi connectivity index (χ3v) is 7.47. The molecule has 0 amide bonds. The first-order chi connectivity index (χ1) is 13.4. The minimum atomic E-state index is -3.46. The molecular formula is C21H27N3O2S2. The Kier molecular flexibility index (Phi) is 6.69. The Labute approximate surface area is 173 Å². The van der Waals surface area contributed by atoms with Crippen molar-refractivity contribution in [3.63, 3.8) is 0 Å². The van der Waals surface area contributed by atoms with Crippen molar-refractivity contribution in [1.29, 1.82) is 0 Å². The monoisotopic (exact) mass is 417 g/mol. The molecule has 0 unspecified atom stereocenters. The molecule has 1 aliphatic heterocycles. The molecule has 1 fully saturated rings. The van der Waals surface area contributed by atoms with Gasteiger partial charge in [-0.25, -0.2) is 8.42 Å². The highest BCUT2D eigenvalue weighted by Crippen LogP contribution is 2.20. The van der Waals surface area contributed by atoms with Crippen LogP contribution in [0.3, 0.4) is 0 Å². The fourth-order valence-electron chi connectivity index (χ4n) is 3.23. The summed E-state index contributed by atoms with van der Waals surface area (Å²) in [7, 11) is -3.46. The molecule has 1 saturated heterocycles. The smallest absolute Gasteiger partial charge is 0.243 e. The van der Waals surface area contributed by atoms with Crippen LogP contribution >= 0.6 is 12.2 Å². The summed E-state index contributed by atoms with van der Waals surface area (Å²) in [6.45, 7) is 6.76. The quantitative estimate of drug-likeness (QED) is 0.758. The molecule has 0 aliphatic carbocycles. The van der Waals surface area contributed by atoms with Crippen LogP contribution in [0.1, 0.15) is 16.7 Å². The Morgan fingerprint density at radius 1 is 1.00 bits per heavy atom. The number of benzene rings is 2. The van der Waals surface area contributed by atoms with Crippen LogP contribution in [0.4, 0.5) is 0 Å². The minimum Gasteiger partial charge on any atom is -0.362 e. The first-order valence-corrected chi connectivity index (χ1v) is 11.4. The van der Waals surface area contributed by atoms with Crippen LogP contribution < -0.4 is 5.32 Å². The molecule has 0 aromatic heterocycles. The van der Waals surface area contributed by atoms with Crippen LogP contribution in [0.15, 0.2) is 53.4 Å². The van der Waals surface area contributed by atoms with E-state index in [0.717, 1.165) is 24.1 Å². The zero-order valence-electron chi connectivity index (χ0n) is 16.4. The molecule has 2 aromatic rings. The van der Waals surface area contributed by atoms with E-state index in [9.17, 15) is 8.42 Å². The van der Waals surface area contributed by atoms with Crippen molar-refractivity contribution in [1.82, 2.24) is 14.5 Å². The van der Waals surface area contributed by atoms with Gasteiger partial charge in [-0.3, -0.25) is 0 Å². The first-order valence-electron chi connectivity index (χ1n) is 9.52. The molecule has 1 heterocycles. The summed E-state index contributed by atoms with van der Waals surface area (Å²) < 4.78 is 27.4. The lowest BCUT2D eigenvalue weighted by Gasteiger charge is -2.35. The number of aryl methyl sites for hydroxylation is 2. The molecule has 0 spiro atoms. The number of thiocarbonyl (C=S) groups is 1. The number of sulfonamides is 1. The summed E-state index contributed by atoms with van der Waals surface area (Å²) in [5.41, 5.74) is 3.35. The summed E-state index contributed by atoms with van der Waals surface area (Å²) in [4.78, 5) is 2.42. The van der Waals surface area contributed by atoms with Gasteiger partial charge in [0.15, 0.2) is 5.11 Å². The Balaban J connectivity index is 1.52. The second-order valence-electron chi connectivity index (χ2n) is 7.10. The normalized spacial score (nSPS) is 15.4. The number of nitrogens with zero attached hydrogens (tertiary/aromatic N) is 2. The number of rotatable bonds is 5. The van der Waals surface area contributed by atoms with Crippen LogP contribution in [0.25, 0.3) is 0 Å². The first kappa shape index (κ1) is 20.8. The molecule has 0 atom stereocenters. The fraction of sp³-hybridized carbons (Fsp3) is 0.381. The van der Waals surface area contributed by atoms with Gasteiger partial charge in [0, 0.05) is 32.7 Å². The van der Waals surface area contributed by atoms with Gasteiger partial charge in [-0.15, -0.1) is 0 Å². The zero-order valence-corrected chi connectivity index (χ0v) is 18.0. The summed E-state index contributed by atoms with van der Waals surface area (Å²) >= 11 is 5.49. The predicted octanol–water partition coefficient (Wildman–Crippen LogP) is 2.73. The molecule has 0 radical (unpaired) electrons. The van der Waals surface area contributed by atoms with E-state index >= 15 is 0 Å². The molecule has 1 aliphatic rings. The maximum Gasteiger partial charge on any atom is 0.243 e. The fourth-order valence-corrected chi connectivity index (χ4v) is 5.02. The van der Waals surface area contributed by atoms with Crippen LogP contribution in [0.5, 0.6) is 0 Å². The van der Waals surface area contributed by atoms with Crippen molar-refractivity contribution in [3.05, 3.63) is 65.2 Å². The van der Waals surface area contributed by atoms with E-state index in [1.807, 2.05) is 43.0 Å². The molecule has 3 rings (SSSR count). The maximum atomic E-state index is 12.9. The average molecular weight is 418 g/mol. The highest BCUT2D eigenvalue weighted by molar-refractivity contribution is 7.89. The largest absolute Gasteiger partial charge is 0.362 e. The van der Waals surface area contributed by atoms with Gasteiger partial charge in [0.1, 0.15) is 0 Å². The van der Waals surface area contributed by atoms with Crippen molar-refractivity contribution >= 4 is 27.4 Å². The van der Waals surface area contributed by atoms with Crippen LogP contribution in [-0.4, -0.2) is 55.5 Å². The van der Waals surface area contributed by atoms with Crippen LogP contribution in [0, 0.1) is 13.8 Å². The van der Waals surface area contributed by atoms with Gasteiger partial charge >= 0.3 is 0 Å². The highest BCUT2D eigenvalue weighted by atomic mass is 32.2. The second kappa shape index (κ2) is 9.03. The van der Waals surface area contributed by atoms with Gasteiger partial charge in [-0.05, 0) is 61.3 Å². The Morgan fingerprint density at radius 3 is 2.32 bits per heavy atom. The van der Waals surface area contributed by atoms with E-state index < -0.39 is 10.0 Å². The van der Waals surface area contributed by atoms with Crippen LogP contribution in [0.2, 0.25) is 0 Å². The molecule has 2 aromatic carbocycles. The predicted molar refractivity (Wildman–Crippen MR) is 117 cm³/mol. The number of hydrogen-bond acceptors (Lipinski definition) is 3. The molecule has 0 saturated carbocycles. The number of hydrogen-bond donors (Lipinski definition) is 1. The topological polar surface area (TPSA) is 52.7 Å². The maximum absolute atomic E-state index is 12.9. The average Bonchev–Trinajstić information content (AvgIpc) is 2.71. The van der Waals surface area contributed by atoms with E-state index in [2.05, 4.69) is 17.4 Å². The van der Waals surface area contributed by atoms with Crippen molar-refractivity contribution in [2.45, 2.75) is 25.2 Å². The Morgan fingerprint density at radius 2 is 1.68 bits per heavy atom. The Bertz CT molecular complexity index is 922. The second-order valence-corrected chi connectivity index (χ2v) is 9.43. The van der Waals surface area contributed by atoms with Crippen molar-refractivity contribution in [2.24, 2.45) is 0 Å². The SMILES string of the molecule is Cc1ccc(S(=O)(=O)N2CCN(C(=S)NCCc3ccccc3)CC2)cc1C. The summed E-state index contributed by atoms with van der Waals surface area (Å²) in [5, 5.41) is 3.98. The highest BCUT2D eigenvalue weighted by Gasteiger charge is 2.29. The number of nitrogens with one attached hydrogen (secondary N) is 1. The third kappa shape index (κ3) is 4.90. The van der Waals surface area contributed by atoms with Gasteiger partial charge < -0.3 is 10.2 Å². The minimum absolute atomic E-state index is 0.368. The summed E-state index contributed by atoms with van der Waals surface area (Å²) in [6.07, 6.45) is 0.905. The summed E-state index contributed by atoms with van der Waals surface area (Å²) in [6, 6.07) is 15.6. The lowest BCUT2D eigenvalue weighted by atomic mass is 10.1. The van der Waals surface area contributed by atoms with E-state index in [1.165, 1.54) is 5.56 Å². The summed E-state index contributed by atoms with van der Waals surface area (Å²) in [5.74, 6) is 0. The number of piperazine rings is 1. The Hall–Kier alpha value is -1.96. The van der Waals surface area contributed by atoms with Gasteiger partial charge in [0.05, 0.1) is 4.90 Å². The molecule has 0 bridgehead atoms. The molecule has 5 nitrogen and oxygen atoms in total. The zero-order chi connectivity index (χ0) is 20.1. The van der Waals surface area contributed by atoms with Crippen LogP contribution in [-0.2, 0) is 16.4 Å². The van der Waals surface area contributed by atoms with Gasteiger partial charge in [0.25, 0.3) is 0 Å². The van der Waals surface area contributed by atoms with E-state index in [1.54, 1.807) is 16.4 Å². The van der Waals surface area contributed by atoms with E-state index in [4.69, 9.17) is 12.2 Å². The van der Waals surface area contributed by atoms with Crippen molar-refractivity contribution in [3.8, 4) is 0 Å². The van der Waals surface area contributed by atoms with Gasteiger partial charge in [-0.2, -0.15) is 4.31 Å². The van der Waals surface area contributed by atoms with Crippen molar-refractivity contribution in [2.75, 3.05) is 32.7 Å². The molecule has 28 heavy (non-hydrogen) atoms. The van der Waals surface area contributed by atoms with E-state index in [-0.39, 0.29) is 0 Å². The van der Waals surface area contributed by atoms with Gasteiger partial charge in [0.2, 0.25) is 10.0 Å². The molecule has 150 valence electrons. The molecule has 7 heteroatoms. The third-order valence-electron chi connectivity index (χ3n) is 5.17. The molecule has 1 N–H and O–H groups in total. The van der Waals surface area contributed by atoms with Gasteiger partial charge in [-0.1, -0.05) is 36.4 Å². The molecular weight excluding hydrogens is 390 g/mol. The lowest BCUT2D eigenvalue weighted by molar-refractivity contribution is 0.264. The lowest BCUT2D eigenvalue weighted by Crippen LogP contribution is -2.53.